The summed E-state index contributed by atoms with van der Waals surface area (Å²) in [4.78, 5) is 12.0. The minimum Gasteiger partial charge on any atom is -0.399 e. The van der Waals surface area contributed by atoms with Crippen molar-refractivity contribution >= 4 is 11.6 Å². The van der Waals surface area contributed by atoms with E-state index in [4.69, 9.17) is 5.73 Å². The maximum atomic E-state index is 12.0. The van der Waals surface area contributed by atoms with E-state index >= 15 is 0 Å². The number of hydrogen-bond acceptors (Lipinski definition) is 2. The van der Waals surface area contributed by atoms with E-state index < -0.39 is 0 Å². The number of hydrogen-bond donors (Lipinski definition) is 2. The van der Waals surface area contributed by atoms with Gasteiger partial charge in [0.05, 0.1) is 0 Å². The number of carbonyl (C=O) groups excluding carboxylic acids is 1. The molecule has 0 atom stereocenters. The van der Waals surface area contributed by atoms with Gasteiger partial charge >= 0.3 is 0 Å². The number of rotatable bonds is 6. The van der Waals surface area contributed by atoms with Crippen LogP contribution in [-0.4, -0.2) is 12.5 Å². The molecule has 0 radical (unpaired) electrons. The van der Waals surface area contributed by atoms with Crippen LogP contribution in [0.2, 0.25) is 0 Å². The quantitative estimate of drug-likeness (QED) is 0.758. The van der Waals surface area contributed by atoms with Crippen molar-refractivity contribution in [1.82, 2.24) is 5.32 Å². The first-order valence-electron chi connectivity index (χ1n) is 6.79. The average molecular weight is 246 g/mol. The number of nitrogens with one attached hydrogen (secondary N) is 1. The highest BCUT2D eigenvalue weighted by Gasteiger charge is 2.48. The van der Waals surface area contributed by atoms with Crippen molar-refractivity contribution in [2.45, 2.75) is 39.0 Å². The van der Waals surface area contributed by atoms with Gasteiger partial charge in [-0.25, -0.2) is 0 Å². The van der Waals surface area contributed by atoms with Crippen LogP contribution in [0.25, 0.3) is 0 Å². The smallest absolute Gasteiger partial charge is 0.226 e. The zero-order valence-corrected chi connectivity index (χ0v) is 11.0. The molecule has 0 aliphatic heterocycles. The number of carbonyl (C=O) groups is 1. The summed E-state index contributed by atoms with van der Waals surface area (Å²) in [5.41, 5.74) is 7.61. The maximum Gasteiger partial charge on any atom is 0.226 e. The standard InChI is InChI=1S/C15H22N2O/c1-2-8-15(9-10-15)14(18)17-11-7-12-3-5-13(16)6-4-12/h3-6H,2,7-11,16H2,1H3,(H,17,18). The van der Waals surface area contributed by atoms with Gasteiger partial charge in [0, 0.05) is 17.6 Å². The minimum absolute atomic E-state index is 0.0180. The van der Waals surface area contributed by atoms with Crippen molar-refractivity contribution in [3.8, 4) is 0 Å². The van der Waals surface area contributed by atoms with E-state index in [1.165, 1.54) is 5.56 Å². The molecule has 3 N–H and O–H groups in total. The van der Waals surface area contributed by atoms with Gasteiger partial charge in [0.1, 0.15) is 0 Å². The molecule has 3 heteroatoms. The lowest BCUT2D eigenvalue weighted by Crippen LogP contribution is -2.33. The molecule has 0 unspecified atom stereocenters. The molecule has 1 aromatic rings. The van der Waals surface area contributed by atoms with Crippen LogP contribution in [0.1, 0.15) is 38.2 Å². The van der Waals surface area contributed by atoms with Gasteiger partial charge in [0.15, 0.2) is 0 Å². The number of benzene rings is 1. The third-order valence-corrected chi connectivity index (χ3v) is 3.74. The molecule has 1 saturated carbocycles. The van der Waals surface area contributed by atoms with Gasteiger partial charge in [-0.05, 0) is 43.4 Å². The summed E-state index contributed by atoms with van der Waals surface area (Å²) in [6.07, 6.45) is 5.11. The monoisotopic (exact) mass is 246 g/mol. The van der Waals surface area contributed by atoms with E-state index in [0.717, 1.165) is 37.8 Å². The molecular formula is C15H22N2O. The van der Waals surface area contributed by atoms with Crippen LogP contribution in [0.4, 0.5) is 5.69 Å². The molecule has 1 amide bonds. The lowest BCUT2D eigenvalue weighted by atomic mass is 9.99. The van der Waals surface area contributed by atoms with Crippen molar-refractivity contribution in [1.29, 1.82) is 0 Å². The van der Waals surface area contributed by atoms with Gasteiger partial charge in [-0.1, -0.05) is 25.5 Å². The third kappa shape index (κ3) is 3.03. The summed E-state index contributed by atoms with van der Waals surface area (Å²) < 4.78 is 0. The topological polar surface area (TPSA) is 55.1 Å². The van der Waals surface area contributed by atoms with Crippen molar-refractivity contribution in [2.75, 3.05) is 12.3 Å². The Balaban J connectivity index is 1.75. The van der Waals surface area contributed by atoms with Crippen LogP contribution in [0.15, 0.2) is 24.3 Å². The Hall–Kier alpha value is -1.51. The van der Waals surface area contributed by atoms with Crippen LogP contribution < -0.4 is 11.1 Å². The van der Waals surface area contributed by atoms with E-state index in [2.05, 4.69) is 12.2 Å². The molecule has 0 bridgehead atoms. The summed E-state index contributed by atoms with van der Waals surface area (Å²) >= 11 is 0. The molecule has 0 aromatic heterocycles. The molecule has 1 fully saturated rings. The highest BCUT2D eigenvalue weighted by molar-refractivity contribution is 5.85. The van der Waals surface area contributed by atoms with Crippen LogP contribution in [0.3, 0.4) is 0 Å². The fourth-order valence-corrected chi connectivity index (χ4v) is 2.41. The average Bonchev–Trinajstić information content (AvgIpc) is 3.13. The molecule has 0 spiro atoms. The highest BCUT2D eigenvalue weighted by atomic mass is 16.2. The Morgan fingerprint density at radius 3 is 2.56 bits per heavy atom. The van der Waals surface area contributed by atoms with Crippen LogP contribution in [-0.2, 0) is 11.2 Å². The fraction of sp³-hybridized carbons (Fsp3) is 0.533. The largest absolute Gasteiger partial charge is 0.399 e. The Kier molecular flexibility index (Phi) is 3.90. The van der Waals surface area contributed by atoms with Crippen molar-refractivity contribution in [3.63, 3.8) is 0 Å². The van der Waals surface area contributed by atoms with E-state index in [0.29, 0.717) is 6.54 Å². The Morgan fingerprint density at radius 2 is 2.00 bits per heavy atom. The number of nitrogens with two attached hydrogens (primary N) is 1. The zero-order valence-electron chi connectivity index (χ0n) is 11.0. The summed E-state index contributed by atoms with van der Waals surface area (Å²) in [6, 6.07) is 7.83. The second kappa shape index (κ2) is 5.42. The SMILES string of the molecule is CCCC1(C(=O)NCCc2ccc(N)cc2)CC1. The Morgan fingerprint density at radius 1 is 1.33 bits per heavy atom. The number of nitrogen functional groups attached to an aromatic ring is 1. The van der Waals surface area contributed by atoms with Gasteiger partial charge in [0.25, 0.3) is 0 Å². The van der Waals surface area contributed by atoms with Crippen molar-refractivity contribution in [3.05, 3.63) is 29.8 Å². The summed E-state index contributed by atoms with van der Waals surface area (Å²) in [5, 5.41) is 3.06. The van der Waals surface area contributed by atoms with E-state index in [-0.39, 0.29) is 11.3 Å². The van der Waals surface area contributed by atoms with Gasteiger partial charge in [0.2, 0.25) is 5.91 Å². The second-order valence-corrected chi connectivity index (χ2v) is 5.28. The van der Waals surface area contributed by atoms with Crippen molar-refractivity contribution < 1.29 is 4.79 Å². The number of anilines is 1. The zero-order chi connectivity index (χ0) is 13.0. The summed E-state index contributed by atoms with van der Waals surface area (Å²) in [6.45, 7) is 2.86. The van der Waals surface area contributed by atoms with Gasteiger partial charge < -0.3 is 11.1 Å². The van der Waals surface area contributed by atoms with E-state index in [1.807, 2.05) is 24.3 Å². The van der Waals surface area contributed by atoms with Crippen LogP contribution in [0.5, 0.6) is 0 Å². The molecule has 1 aliphatic carbocycles. The van der Waals surface area contributed by atoms with Crippen LogP contribution >= 0.6 is 0 Å². The van der Waals surface area contributed by atoms with Crippen molar-refractivity contribution in [2.24, 2.45) is 5.41 Å². The molecule has 0 heterocycles. The normalized spacial score (nSPS) is 16.3. The lowest BCUT2D eigenvalue weighted by molar-refractivity contribution is -0.126. The van der Waals surface area contributed by atoms with Gasteiger partial charge in [-0.3, -0.25) is 4.79 Å². The molecule has 3 nitrogen and oxygen atoms in total. The van der Waals surface area contributed by atoms with Crippen LogP contribution in [0, 0.1) is 5.41 Å². The van der Waals surface area contributed by atoms with E-state index in [1.54, 1.807) is 0 Å². The first-order chi connectivity index (χ1) is 8.66. The van der Waals surface area contributed by atoms with Gasteiger partial charge in [-0.15, -0.1) is 0 Å². The predicted octanol–water partition coefficient (Wildman–Crippen LogP) is 2.51. The molecular weight excluding hydrogens is 224 g/mol. The molecule has 98 valence electrons. The first kappa shape index (κ1) is 12.9. The first-order valence-corrected chi connectivity index (χ1v) is 6.79. The Bertz CT molecular complexity index is 407. The minimum atomic E-state index is -0.0180. The van der Waals surface area contributed by atoms with Gasteiger partial charge in [-0.2, -0.15) is 0 Å². The third-order valence-electron chi connectivity index (χ3n) is 3.74. The van der Waals surface area contributed by atoms with E-state index in [9.17, 15) is 4.79 Å². The Labute approximate surface area is 109 Å². The molecule has 0 saturated heterocycles. The predicted molar refractivity (Wildman–Crippen MR) is 74.1 cm³/mol. The lowest BCUT2D eigenvalue weighted by Gasteiger charge is -2.14. The molecule has 18 heavy (non-hydrogen) atoms. The second-order valence-electron chi connectivity index (χ2n) is 5.28. The highest BCUT2D eigenvalue weighted by Crippen LogP contribution is 2.49. The summed E-state index contributed by atoms with van der Waals surface area (Å²) in [7, 11) is 0. The number of amides is 1. The molecule has 2 rings (SSSR count). The fourth-order valence-electron chi connectivity index (χ4n) is 2.41. The summed E-state index contributed by atoms with van der Waals surface area (Å²) in [5.74, 6) is 0.250. The molecule has 1 aliphatic rings. The maximum absolute atomic E-state index is 12.0. The molecule has 1 aromatic carbocycles.